The maximum Gasteiger partial charge on any atom is 0.229 e. The number of rotatable bonds is 3. The minimum atomic E-state index is -0.342. The molecule has 1 atom stereocenters. The molecule has 1 N–H and O–H groups in total. The number of carbonyl (C=O) groups excluding carboxylic acids is 2. The van der Waals surface area contributed by atoms with E-state index in [1.807, 2.05) is 48.5 Å². The number of para-hydroxylation sites is 2. The van der Waals surface area contributed by atoms with Gasteiger partial charge in [0.15, 0.2) is 0 Å². The molecule has 3 rings (SSSR count). The molecule has 2 aromatic rings. The number of nitrogens with one attached hydrogen (secondary N) is 1. The van der Waals surface area contributed by atoms with Crippen molar-refractivity contribution in [2.45, 2.75) is 6.42 Å². The molecule has 0 bridgehead atoms. The van der Waals surface area contributed by atoms with Gasteiger partial charge in [-0.1, -0.05) is 24.3 Å². The molecule has 0 radical (unpaired) electrons. The van der Waals surface area contributed by atoms with Crippen molar-refractivity contribution in [1.82, 2.24) is 0 Å². The van der Waals surface area contributed by atoms with Crippen LogP contribution in [0.5, 0.6) is 0 Å². The molecule has 0 spiro atoms. The fraction of sp³-hybridized carbons (Fsp3) is 0.176. The van der Waals surface area contributed by atoms with Gasteiger partial charge in [-0.2, -0.15) is 0 Å². The zero-order valence-electron chi connectivity index (χ0n) is 12.1. The summed E-state index contributed by atoms with van der Waals surface area (Å²) in [6.45, 7) is 0.399. The normalized spacial score (nSPS) is 17.4. The highest BCUT2D eigenvalue weighted by Gasteiger charge is 2.35. The molecule has 1 aliphatic rings. The first kappa shape index (κ1) is 16.4. The van der Waals surface area contributed by atoms with E-state index in [0.29, 0.717) is 6.54 Å². The van der Waals surface area contributed by atoms with Gasteiger partial charge in [0.25, 0.3) is 0 Å². The van der Waals surface area contributed by atoms with Crippen LogP contribution < -0.4 is 10.2 Å². The molecule has 2 amide bonds. The van der Waals surface area contributed by atoms with Gasteiger partial charge in [-0.25, -0.2) is 0 Å². The number of halogens is 2. The highest BCUT2D eigenvalue weighted by molar-refractivity contribution is 14.1. The summed E-state index contributed by atoms with van der Waals surface area (Å²) in [6, 6.07) is 15.1. The molecule has 118 valence electrons. The van der Waals surface area contributed by atoms with Crippen molar-refractivity contribution in [3.63, 3.8) is 0 Å². The van der Waals surface area contributed by atoms with E-state index in [4.69, 9.17) is 0 Å². The van der Waals surface area contributed by atoms with E-state index >= 15 is 0 Å². The third-order valence-electron chi connectivity index (χ3n) is 3.77. The van der Waals surface area contributed by atoms with Crippen LogP contribution in [0.4, 0.5) is 11.4 Å². The third kappa shape index (κ3) is 3.58. The van der Waals surface area contributed by atoms with Crippen LogP contribution in [0.25, 0.3) is 0 Å². The van der Waals surface area contributed by atoms with Crippen molar-refractivity contribution in [3.05, 3.63) is 56.6 Å². The average molecular weight is 485 g/mol. The van der Waals surface area contributed by atoms with Gasteiger partial charge in [0.2, 0.25) is 11.8 Å². The van der Waals surface area contributed by atoms with Gasteiger partial charge in [-0.05, 0) is 62.8 Å². The minimum absolute atomic E-state index is 0.0280. The zero-order chi connectivity index (χ0) is 16.4. The van der Waals surface area contributed by atoms with Crippen LogP contribution in [-0.2, 0) is 9.59 Å². The van der Waals surface area contributed by atoms with Crippen LogP contribution in [0.3, 0.4) is 0 Å². The van der Waals surface area contributed by atoms with Crippen molar-refractivity contribution in [1.29, 1.82) is 0 Å². The van der Waals surface area contributed by atoms with Gasteiger partial charge < -0.3 is 10.2 Å². The molecule has 6 heteroatoms. The molecule has 1 unspecified atom stereocenters. The molecule has 1 aliphatic heterocycles. The van der Waals surface area contributed by atoms with Crippen molar-refractivity contribution in [3.8, 4) is 0 Å². The Kier molecular flexibility index (Phi) is 5.01. The number of hydrogen-bond donors (Lipinski definition) is 1. The summed E-state index contributed by atoms with van der Waals surface area (Å²) >= 11 is 5.64. The Morgan fingerprint density at radius 3 is 2.61 bits per heavy atom. The van der Waals surface area contributed by atoms with E-state index in [1.165, 1.54) is 0 Å². The summed E-state index contributed by atoms with van der Waals surface area (Å²) in [4.78, 5) is 26.4. The average Bonchev–Trinajstić information content (AvgIpc) is 2.92. The summed E-state index contributed by atoms with van der Waals surface area (Å²) < 4.78 is 1.83. The Morgan fingerprint density at radius 2 is 1.87 bits per heavy atom. The minimum Gasteiger partial charge on any atom is -0.325 e. The van der Waals surface area contributed by atoms with Gasteiger partial charge in [-0.15, -0.1) is 0 Å². The second-order valence-electron chi connectivity index (χ2n) is 5.33. The number of benzene rings is 2. The lowest BCUT2D eigenvalue weighted by Crippen LogP contribution is -2.28. The second-order valence-corrected chi connectivity index (χ2v) is 7.34. The fourth-order valence-corrected chi connectivity index (χ4v) is 3.61. The molecule has 1 heterocycles. The highest BCUT2D eigenvalue weighted by Crippen LogP contribution is 2.31. The molecular weight excluding hydrogens is 471 g/mol. The Hall–Kier alpha value is -1.41. The Morgan fingerprint density at radius 1 is 1.17 bits per heavy atom. The lowest BCUT2D eigenvalue weighted by Gasteiger charge is -2.18. The Labute approximate surface area is 156 Å². The molecule has 23 heavy (non-hydrogen) atoms. The molecule has 0 aliphatic carbocycles. The quantitative estimate of drug-likeness (QED) is 0.668. The first-order chi connectivity index (χ1) is 11.1. The van der Waals surface area contributed by atoms with Gasteiger partial charge in [0.1, 0.15) is 0 Å². The van der Waals surface area contributed by atoms with E-state index < -0.39 is 0 Å². The summed E-state index contributed by atoms with van der Waals surface area (Å²) in [7, 11) is 0. The largest absolute Gasteiger partial charge is 0.325 e. The number of amides is 2. The fourth-order valence-electron chi connectivity index (χ4n) is 2.58. The lowest BCUT2D eigenvalue weighted by molar-refractivity contribution is -0.122. The lowest BCUT2D eigenvalue weighted by atomic mass is 10.1. The molecule has 4 nitrogen and oxygen atoms in total. The summed E-state index contributed by atoms with van der Waals surface area (Å²) in [5.74, 6) is -0.484. The van der Waals surface area contributed by atoms with Crippen LogP contribution >= 0.6 is 38.5 Å². The monoisotopic (exact) mass is 484 g/mol. The van der Waals surface area contributed by atoms with E-state index in [1.54, 1.807) is 4.90 Å². The highest BCUT2D eigenvalue weighted by atomic mass is 127. The molecular formula is C17H14BrIN2O2. The third-order valence-corrected chi connectivity index (χ3v) is 5.38. The molecule has 0 aromatic heterocycles. The van der Waals surface area contributed by atoms with Crippen molar-refractivity contribution in [2.24, 2.45) is 5.92 Å². The van der Waals surface area contributed by atoms with Gasteiger partial charge in [-0.3, -0.25) is 9.59 Å². The van der Waals surface area contributed by atoms with E-state index in [9.17, 15) is 9.59 Å². The van der Waals surface area contributed by atoms with Crippen LogP contribution in [-0.4, -0.2) is 18.4 Å². The van der Waals surface area contributed by atoms with Crippen LogP contribution in [0.1, 0.15) is 6.42 Å². The number of anilines is 2. The van der Waals surface area contributed by atoms with E-state index in [2.05, 4.69) is 43.8 Å². The maximum absolute atomic E-state index is 12.5. The predicted octanol–water partition coefficient (Wildman–Crippen LogP) is 4.05. The summed E-state index contributed by atoms with van der Waals surface area (Å²) in [5, 5.41) is 2.92. The standard InChI is InChI=1S/C17H14BrIN2O2/c18-12-5-1-4-8-15(12)21-10-11(9-16(21)22)17(23)20-14-7-3-2-6-13(14)19/h1-8,11H,9-10H2,(H,20,23). The zero-order valence-corrected chi connectivity index (χ0v) is 15.9. The predicted molar refractivity (Wildman–Crippen MR) is 102 cm³/mol. The molecule has 0 saturated carbocycles. The second kappa shape index (κ2) is 7.00. The Bertz CT molecular complexity index is 766. The van der Waals surface area contributed by atoms with Gasteiger partial charge in [0.05, 0.1) is 17.3 Å². The Balaban J connectivity index is 1.74. The topological polar surface area (TPSA) is 49.4 Å². The van der Waals surface area contributed by atoms with Gasteiger partial charge in [0, 0.05) is 21.0 Å². The smallest absolute Gasteiger partial charge is 0.229 e. The van der Waals surface area contributed by atoms with Crippen molar-refractivity contribution < 1.29 is 9.59 Å². The van der Waals surface area contributed by atoms with Crippen molar-refractivity contribution in [2.75, 3.05) is 16.8 Å². The number of carbonyl (C=O) groups is 2. The first-order valence-corrected chi connectivity index (χ1v) is 9.03. The number of hydrogen-bond acceptors (Lipinski definition) is 2. The summed E-state index contributed by atoms with van der Waals surface area (Å²) in [6.07, 6.45) is 0.233. The van der Waals surface area contributed by atoms with Gasteiger partial charge >= 0.3 is 0 Å². The van der Waals surface area contributed by atoms with Crippen LogP contribution in [0.15, 0.2) is 53.0 Å². The summed E-state index contributed by atoms with van der Waals surface area (Å²) in [5.41, 5.74) is 1.59. The molecule has 1 saturated heterocycles. The van der Waals surface area contributed by atoms with E-state index in [0.717, 1.165) is 19.4 Å². The van der Waals surface area contributed by atoms with Crippen LogP contribution in [0, 0.1) is 9.49 Å². The molecule has 2 aromatic carbocycles. The van der Waals surface area contributed by atoms with Crippen LogP contribution in [0.2, 0.25) is 0 Å². The SMILES string of the molecule is O=C(Nc1ccccc1I)C1CC(=O)N(c2ccccc2Br)C1. The molecule has 1 fully saturated rings. The maximum atomic E-state index is 12.5. The number of nitrogens with zero attached hydrogens (tertiary/aromatic N) is 1. The first-order valence-electron chi connectivity index (χ1n) is 7.16. The van der Waals surface area contributed by atoms with Crippen molar-refractivity contribution >= 4 is 61.7 Å². The van der Waals surface area contributed by atoms with E-state index in [-0.39, 0.29) is 24.2 Å².